The number of nitrogens with one attached hydrogen (secondary N) is 1. The maximum Gasteiger partial charge on any atom is 0.130 e. The average molecular weight is 267 g/mol. The normalized spacial score (nSPS) is 12.6. The highest BCUT2D eigenvalue weighted by atomic mass is 19.1. The van der Waals surface area contributed by atoms with Crippen LogP contribution < -0.4 is 5.32 Å². The summed E-state index contributed by atoms with van der Waals surface area (Å²) in [6, 6.07) is 6.66. The fraction of sp³-hybridized carbons (Fsp3) is 0.286. The molecule has 1 aromatic heterocycles. The number of halogens is 2. The van der Waals surface area contributed by atoms with E-state index in [0.29, 0.717) is 23.6 Å². The Morgan fingerprint density at radius 2 is 1.95 bits per heavy atom. The number of aliphatic hydroxyl groups is 1. The summed E-state index contributed by atoms with van der Waals surface area (Å²) in [7, 11) is 0. The summed E-state index contributed by atoms with van der Waals surface area (Å²) >= 11 is 0. The van der Waals surface area contributed by atoms with Gasteiger partial charge >= 0.3 is 0 Å². The van der Waals surface area contributed by atoms with Crippen LogP contribution in [0.4, 0.5) is 8.78 Å². The zero-order chi connectivity index (χ0) is 13.8. The Morgan fingerprint density at radius 1 is 1.21 bits per heavy atom. The van der Waals surface area contributed by atoms with Crippen molar-refractivity contribution < 1.29 is 18.3 Å². The van der Waals surface area contributed by atoms with Crippen LogP contribution in [0.5, 0.6) is 0 Å². The molecule has 0 fully saturated rings. The van der Waals surface area contributed by atoms with Gasteiger partial charge in [-0.15, -0.1) is 0 Å². The molecule has 2 rings (SSSR count). The van der Waals surface area contributed by atoms with Gasteiger partial charge in [0, 0.05) is 17.7 Å². The first kappa shape index (κ1) is 13.7. The summed E-state index contributed by atoms with van der Waals surface area (Å²) < 4.78 is 31.7. The number of rotatable bonds is 5. The molecule has 0 bridgehead atoms. The SMILES string of the molecule is CC(NCc1ccc(CO)o1)c1ccc(F)cc1F. The molecule has 5 heteroatoms. The van der Waals surface area contributed by atoms with Crippen molar-refractivity contribution in [3.63, 3.8) is 0 Å². The van der Waals surface area contributed by atoms with Crippen LogP contribution in [0, 0.1) is 11.6 Å². The van der Waals surface area contributed by atoms with E-state index in [2.05, 4.69) is 5.32 Å². The number of furan rings is 1. The minimum atomic E-state index is -0.591. The van der Waals surface area contributed by atoms with Crippen LogP contribution in [0.25, 0.3) is 0 Å². The van der Waals surface area contributed by atoms with E-state index < -0.39 is 11.6 Å². The van der Waals surface area contributed by atoms with Gasteiger partial charge in [0.25, 0.3) is 0 Å². The van der Waals surface area contributed by atoms with Gasteiger partial charge in [0.15, 0.2) is 0 Å². The Kier molecular flexibility index (Phi) is 4.29. The Morgan fingerprint density at radius 3 is 2.58 bits per heavy atom. The van der Waals surface area contributed by atoms with E-state index in [9.17, 15) is 8.78 Å². The standard InChI is InChI=1S/C14H15F2NO2/c1-9(13-5-2-10(15)6-14(13)16)17-7-11-3-4-12(8-18)19-11/h2-6,9,17-18H,7-8H2,1H3. The van der Waals surface area contributed by atoms with Gasteiger partial charge in [0.2, 0.25) is 0 Å². The molecule has 19 heavy (non-hydrogen) atoms. The predicted octanol–water partition coefficient (Wildman–Crippen LogP) is 2.90. The van der Waals surface area contributed by atoms with Crippen LogP contribution in [-0.4, -0.2) is 5.11 Å². The summed E-state index contributed by atoms with van der Waals surface area (Å²) in [5.41, 5.74) is 0.398. The second-order valence-corrected chi connectivity index (χ2v) is 4.29. The molecule has 0 saturated heterocycles. The molecule has 0 radical (unpaired) electrons. The summed E-state index contributed by atoms with van der Waals surface area (Å²) in [6.07, 6.45) is 0. The van der Waals surface area contributed by atoms with Crippen LogP contribution in [0.1, 0.15) is 30.0 Å². The zero-order valence-electron chi connectivity index (χ0n) is 10.5. The molecule has 1 heterocycles. The molecular formula is C14H15F2NO2. The third-order valence-electron chi connectivity index (χ3n) is 2.88. The largest absolute Gasteiger partial charge is 0.462 e. The minimum absolute atomic E-state index is 0.151. The quantitative estimate of drug-likeness (QED) is 0.875. The number of benzene rings is 1. The number of aliphatic hydroxyl groups excluding tert-OH is 1. The molecule has 0 aliphatic rings. The number of hydrogen-bond donors (Lipinski definition) is 2. The summed E-state index contributed by atoms with van der Waals surface area (Å²) in [5, 5.41) is 11.9. The second-order valence-electron chi connectivity index (χ2n) is 4.29. The lowest BCUT2D eigenvalue weighted by atomic mass is 10.1. The maximum absolute atomic E-state index is 13.5. The van der Waals surface area contributed by atoms with Gasteiger partial charge in [0.05, 0.1) is 6.54 Å². The molecule has 2 aromatic rings. The molecule has 0 saturated carbocycles. The Balaban J connectivity index is 1.98. The molecule has 2 N–H and O–H groups in total. The van der Waals surface area contributed by atoms with Gasteiger partial charge in [0.1, 0.15) is 29.8 Å². The monoisotopic (exact) mass is 267 g/mol. The van der Waals surface area contributed by atoms with Crippen LogP contribution in [0.3, 0.4) is 0 Å². The first-order valence-electron chi connectivity index (χ1n) is 5.97. The van der Waals surface area contributed by atoms with E-state index >= 15 is 0 Å². The first-order chi connectivity index (χ1) is 9.10. The zero-order valence-corrected chi connectivity index (χ0v) is 10.5. The van der Waals surface area contributed by atoms with Crippen molar-refractivity contribution in [3.8, 4) is 0 Å². The molecule has 3 nitrogen and oxygen atoms in total. The molecular weight excluding hydrogens is 252 g/mol. The maximum atomic E-state index is 13.5. The predicted molar refractivity (Wildman–Crippen MR) is 66.2 cm³/mol. The van der Waals surface area contributed by atoms with Crippen molar-refractivity contribution in [2.24, 2.45) is 0 Å². The highest BCUT2D eigenvalue weighted by molar-refractivity contribution is 5.21. The van der Waals surface area contributed by atoms with E-state index in [1.165, 1.54) is 12.1 Å². The Hall–Kier alpha value is -1.72. The van der Waals surface area contributed by atoms with Crippen molar-refractivity contribution in [1.29, 1.82) is 0 Å². The molecule has 1 unspecified atom stereocenters. The number of hydrogen-bond acceptors (Lipinski definition) is 3. The van der Waals surface area contributed by atoms with Crippen LogP contribution in [-0.2, 0) is 13.2 Å². The summed E-state index contributed by atoms with van der Waals surface area (Å²) in [6.45, 7) is 2.03. The van der Waals surface area contributed by atoms with Gasteiger partial charge in [-0.05, 0) is 25.1 Å². The fourth-order valence-electron chi connectivity index (χ4n) is 1.82. The topological polar surface area (TPSA) is 45.4 Å². The molecule has 1 atom stereocenters. The van der Waals surface area contributed by atoms with Crippen molar-refractivity contribution in [2.75, 3.05) is 0 Å². The smallest absolute Gasteiger partial charge is 0.130 e. The highest BCUT2D eigenvalue weighted by Crippen LogP contribution is 2.18. The fourth-order valence-corrected chi connectivity index (χ4v) is 1.82. The van der Waals surface area contributed by atoms with Crippen molar-refractivity contribution in [1.82, 2.24) is 5.32 Å². The third-order valence-corrected chi connectivity index (χ3v) is 2.88. The van der Waals surface area contributed by atoms with Crippen molar-refractivity contribution in [3.05, 3.63) is 59.1 Å². The summed E-state index contributed by atoms with van der Waals surface area (Å²) in [5.74, 6) is -0.0293. The van der Waals surface area contributed by atoms with Gasteiger partial charge in [-0.1, -0.05) is 6.07 Å². The molecule has 0 aliphatic carbocycles. The van der Waals surface area contributed by atoms with Crippen LogP contribution >= 0.6 is 0 Å². The Bertz CT molecular complexity index is 554. The van der Waals surface area contributed by atoms with Crippen LogP contribution in [0.2, 0.25) is 0 Å². The molecule has 102 valence electrons. The van der Waals surface area contributed by atoms with Gasteiger partial charge in [-0.2, -0.15) is 0 Å². The average Bonchev–Trinajstić information content (AvgIpc) is 2.84. The minimum Gasteiger partial charge on any atom is -0.462 e. The van der Waals surface area contributed by atoms with Crippen molar-refractivity contribution in [2.45, 2.75) is 26.1 Å². The van der Waals surface area contributed by atoms with E-state index in [-0.39, 0.29) is 12.6 Å². The molecule has 0 spiro atoms. The van der Waals surface area contributed by atoms with E-state index in [0.717, 1.165) is 6.07 Å². The Labute approximate surface area is 109 Å². The lowest BCUT2D eigenvalue weighted by molar-refractivity contribution is 0.242. The molecule has 0 amide bonds. The van der Waals surface area contributed by atoms with Gasteiger partial charge in [-0.25, -0.2) is 8.78 Å². The van der Waals surface area contributed by atoms with Gasteiger partial charge < -0.3 is 14.8 Å². The lowest BCUT2D eigenvalue weighted by Gasteiger charge is -2.14. The first-order valence-corrected chi connectivity index (χ1v) is 5.97. The van der Waals surface area contributed by atoms with E-state index in [1.807, 2.05) is 0 Å². The van der Waals surface area contributed by atoms with Gasteiger partial charge in [-0.3, -0.25) is 0 Å². The lowest BCUT2D eigenvalue weighted by Crippen LogP contribution is -2.18. The van der Waals surface area contributed by atoms with E-state index in [4.69, 9.17) is 9.52 Å². The second kappa shape index (κ2) is 5.95. The van der Waals surface area contributed by atoms with Crippen LogP contribution in [0.15, 0.2) is 34.7 Å². The summed E-state index contributed by atoms with van der Waals surface area (Å²) in [4.78, 5) is 0. The van der Waals surface area contributed by atoms with Crippen molar-refractivity contribution >= 4 is 0 Å². The third kappa shape index (κ3) is 3.39. The molecule has 1 aromatic carbocycles. The van der Waals surface area contributed by atoms with E-state index in [1.54, 1.807) is 19.1 Å². The molecule has 0 aliphatic heterocycles. The highest BCUT2D eigenvalue weighted by Gasteiger charge is 2.12.